The molecule has 0 radical (unpaired) electrons. The van der Waals surface area contributed by atoms with Crippen LogP contribution in [0.4, 0.5) is 0 Å². The van der Waals surface area contributed by atoms with Crippen molar-refractivity contribution in [3.05, 3.63) is 0 Å². The fourth-order valence-electron chi connectivity index (χ4n) is 3.16. The Bertz CT molecular complexity index is 359. The van der Waals surface area contributed by atoms with Crippen molar-refractivity contribution in [1.29, 1.82) is 0 Å². The van der Waals surface area contributed by atoms with E-state index in [1.54, 1.807) is 0 Å². The second-order valence-corrected chi connectivity index (χ2v) is 5.93. The van der Waals surface area contributed by atoms with Crippen molar-refractivity contribution >= 4 is 11.8 Å². The number of methoxy groups -OCH3 is 1. The Labute approximate surface area is 120 Å². The summed E-state index contributed by atoms with van der Waals surface area (Å²) in [6.45, 7) is 1.44. The Morgan fingerprint density at radius 1 is 1.30 bits per heavy atom. The molecule has 2 aliphatic rings. The third-order valence-electron chi connectivity index (χ3n) is 4.34. The van der Waals surface area contributed by atoms with Crippen molar-refractivity contribution in [3.63, 3.8) is 0 Å². The maximum atomic E-state index is 12.4. The van der Waals surface area contributed by atoms with Crippen molar-refractivity contribution in [2.24, 2.45) is 5.73 Å². The topological polar surface area (TPSA) is 84.7 Å². The highest BCUT2D eigenvalue weighted by Gasteiger charge is 2.40. The van der Waals surface area contributed by atoms with Gasteiger partial charge in [0.15, 0.2) is 0 Å². The van der Waals surface area contributed by atoms with Crippen LogP contribution in [0.25, 0.3) is 0 Å². The summed E-state index contributed by atoms with van der Waals surface area (Å²) >= 11 is 0. The highest BCUT2D eigenvalue weighted by Crippen LogP contribution is 2.29. The second-order valence-electron chi connectivity index (χ2n) is 5.93. The first kappa shape index (κ1) is 15.3. The number of rotatable bonds is 4. The zero-order valence-electron chi connectivity index (χ0n) is 12.2. The molecule has 6 nitrogen and oxygen atoms in total. The molecule has 1 heterocycles. The van der Waals surface area contributed by atoms with E-state index < -0.39 is 5.54 Å². The first-order valence-corrected chi connectivity index (χ1v) is 7.42. The maximum absolute atomic E-state index is 12.4. The molecular formula is C14H25N3O3. The fourth-order valence-corrected chi connectivity index (χ4v) is 3.16. The summed E-state index contributed by atoms with van der Waals surface area (Å²) in [7, 11) is 1.50. The number of ether oxygens (including phenoxy) is 1. The minimum Gasteiger partial charge on any atom is -0.375 e. The molecule has 1 aliphatic heterocycles. The first-order valence-electron chi connectivity index (χ1n) is 7.42. The summed E-state index contributed by atoms with van der Waals surface area (Å²) < 4.78 is 4.79. The highest BCUT2D eigenvalue weighted by atomic mass is 16.5. The normalized spacial score (nSPS) is 22.8. The van der Waals surface area contributed by atoms with Crippen molar-refractivity contribution in [3.8, 4) is 0 Å². The van der Waals surface area contributed by atoms with Crippen LogP contribution in [0.3, 0.4) is 0 Å². The van der Waals surface area contributed by atoms with E-state index in [0.29, 0.717) is 13.1 Å². The van der Waals surface area contributed by atoms with Crippen LogP contribution in [0, 0.1) is 0 Å². The molecule has 2 rings (SSSR count). The average molecular weight is 283 g/mol. The van der Waals surface area contributed by atoms with Gasteiger partial charge in [-0.1, -0.05) is 12.8 Å². The van der Waals surface area contributed by atoms with Crippen molar-refractivity contribution in [2.45, 2.75) is 50.1 Å². The number of likely N-dealkylation sites (tertiary alicyclic amines) is 1. The number of amides is 2. The van der Waals surface area contributed by atoms with Gasteiger partial charge in [0.2, 0.25) is 11.8 Å². The third kappa shape index (κ3) is 3.49. The molecule has 0 unspecified atom stereocenters. The van der Waals surface area contributed by atoms with Crippen LogP contribution in [-0.4, -0.2) is 55.1 Å². The fraction of sp³-hybridized carbons (Fsp3) is 0.857. The summed E-state index contributed by atoms with van der Waals surface area (Å²) in [6.07, 6.45) is 5.28. The van der Waals surface area contributed by atoms with Gasteiger partial charge >= 0.3 is 0 Å². The lowest BCUT2D eigenvalue weighted by atomic mass is 9.95. The van der Waals surface area contributed by atoms with Crippen LogP contribution in [0.15, 0.2) is 0 Å². The predicted molar refractivity (Wildman–Crippen MR) is 75.0 cm³/mol. The van der Waals surface area contributed by atoms with Crippen LogP contribution < -0.4 is 11.1 Å². The Morgan fingerprint density at radius 2 is 1.90 bits per heavy atom. The largest absolute Gasteiger partial charge is 0.375 e. The smallest absolute Gasteiger partial charge is 0.246 e. The van der Waals surface area contributed by atoms with E-state index in [0.717, 1.165) is 38.5 Å². The summed E-state index contributed by atoms with van der Waals surface area (Å²) in [5.41, 5.74) is 5.58. The lowest BCUT2D eigenvalue weighted by Gasteiger charge is -2.37. The lowest BCUT2D eigenvalue weighted by Crippen LogP contribution is -2.56. The van der Waals surface area contributed by atoms with E-state index in [1.165, 1.54) is 7.11 Å². The Morgan fingerprint density at radius 3 is 2.45 bits per heavy atom. The number of carbonyl (C=O) groups excluding carboxylic acids is 2. The van der Waals surface area contributed by atoms with Gasteiger partial charge in [-0.3, -0.25) is 9.59 Å². The van der Waals surface area contributed by atoms with Gasteiger partial charge in [-0.15, -0.1) is 0 Å². The number of hydrogen-bond acceptors (Lipinski definition) is 4. The van der Waals surface area contributed by atoms with Crippen molar-refractivity contribution in [2.75, 3.05) is 26.8 Å². The number of hydrogen-bond donors (Lipinski definition) is 2. The second kappa shape index (κ2) is 6.54. The van der Waals surface area contributed by atoms with Gasteiger partial charge in [0.25, 0.3) is 0 Å². The standard InChI is InChI=1S/C14H25N3O3/c1-20-10-12(18)16-11-4-8-17(9-5-11)13(19)14(15)6-2-3-7-14/h11H,2-10,15H2,1H3,(H,16,18). The third-order valence-corrected chi connectivity index (χ3v) is 4.34. The van der Waals surface area contributed by atoms with E-state index in [-0.39, 0.29) is 24.5 Å². The van der Waals surface area contributed by atoms with Gasteiger partial charge in [-0.25, -0.2) is 0 Å². The highest BCUT2D eigenvalue weighted by molar-refractivity contribution is 5.86. The van der Waals surface area contributed by atoms with Crippen LogP contribution in [0.2, 0.25) is 0 Å². The lowest BCUT2D eigenvalue weighted by molar-refractivity contribution is -0.138. The maximum Gasteiger partial charge on any atom is 0.246 e. The molecule has 0 aromatic carbocycles. The van der Waals surface area contributed by atoms with Gasteiger partial charge in [-0.05, 0) is 25.7 Å². The van der Waals surface area contributed by atoms with Gasteiger partial charge in [0, 0.05) is 26.2 Å². The molecule has 0 atom stereocenters. The van der Waals surface area contributed by atoms with Crippen LogP contribution in [-0.2, 0) is 14.3 Å². The molecular weight excluding hydrogens is 258 g/mol. The number of nitrogens with two attached hydrogens (primary N) is 1. The molecule has 2 fully saturated rings. The molecule has 1 saturated carbocycles. The predicted octanol–water partition coefficient (Wildman–Crippen LogP) is 0.0115. The molecule has 3 N–H and O–H groups in total. The Kier molecular flexibility index (Phi) is 4.99. The van der Waals surface area contributed by atoms with Crippen molar-refractivity contribution in [1.82, 2.24) is 10.2 Å². The quantitative estimate of drug-likeness (QED) is 0.761. The van der Waals surface area contributed by atoms with E-state index >= 15 is 0 Å². The van der Waals surface area contributed by atoms with Crippen molar-refractivity contribution < 1.29 is 14.3 Å². The number of nitrogens with zero attached hydrogens (tertiary/aromatic N) is 1. The molecule has 20 heavy (non-hydrogen) atoms. The van der Waals surface area contributed by atoms with E-state index in [9.17, 15) is 9.59 Å². The summed E-state index contributed by atoms with van der Waals surface area (Å²) in [5, 5.41) is 2.93. The van der Waals surface area contributed by atoms with Gasteiger partial charge in [0.05, 0.1) is 5.54 Å². The molecule has 114 valence electrons. The van der Waals surface area contributed by atoms with Gasteiger partial charge in [-0.2, -0.15) is 0 Å². The van der Waals surface area contributed by atoms with Crippen LogP contribution >= 0.6 is 0 Å². The Balaban J connectivity index is 1.79. The summed E-state index contributed by atoms with van der Waals surface area (Å²) in [5.74, 6) is 0.0000302. The van der Waals surface area contributed by atoms with E-state index in [2.05, 4.69) is 5.32 Å². The molecule has 0 aromatic rings. The number of piperidine rings is 1. The Hall–Kier alpha value is -1.14. The number of nitrogens with one attached hydrogen (secondary N) is 1. The zero-order valence-corrected chi connectivity index (χ0v) is 12.2. The summed E-state index contributed by atoms with van der Waals surface area (Å²) in [4.78, 5) is 25.8. The van der Waals surface area contributed by atoms with E-state index in [1.807, 2.05) is 4.90 Å². The van der Waals surface area contributed by atoms with Gasteiger partial charge in [0.1, 0.15) is 6.61 Å². The monoisotopic (exact) mass is 283 g/mol. The molecule has 1 saturated heterocycles. The molecule has 1 aliphatic carbocycles. The zero-order chi connectivity index (χ0) is 14.6. The first-order chi connectivity index (χ1) is 9.55. The average Bonchev–Trinajstić information content (AvgIpc) is 2.87. The van der Waals surface area contributed by atoms with Gasteiger partial charge < -0.3 is 20.7 Å². The minimum absolute atomic E-state index is 0.0883. The molecule has 0 bridgehead atoms. The van der Waals surface area contributed by atoms with Crippen LogP contribution in [0.1, 0.15) is 38.5 Å². The molecule has 0 aromatic heterocycles. The number of carbonyl (C=O) groups is 2. The SMILES string of the molecule is COCC(=O)NC1CCN(C(=O)C2(N)CCCC2)CC1. The minimum atomic E-state index is -0.633. The molecule has 0 spiro atoms. The van der Waals surface area contributed by atoms with E-state index in [4.69, 9.17) is 10.5 Å². The summed E-state index contributed by atoms with van der Waals surface area (Å²) in [6, 6.07) is 0.138. The molecule has 6 heteroatoms. The molecule has 2 amide bonds. The van der Waals surface area contributed by atoms with Crippen LogP contribution in [0.5, 0.6) is 0 Å².